The van der Waals surface area contributed by atoms with E-state index >= 15 is 0 Å². The van der Waals surface area contributed by atoms with Gasteiger partial charge in [-0.1, -0.05) is 0 Å². The van der Waals surface area contributed by atoms with Gasteiger partial charge in [0, 0.05) is 19.0 Å². The molecule has 5 heterocycles. The van der Waals surface area contributed by atoms with Crippen LogP contribution in [0.4, 0.5) is 0 Å². The smallest absolute Gasteiger partial charge is 0.261 e. The van der Waals surface area contributed by atoms with Crippen molar-refractivity contribution in [2.24, 2.45) is 5.92 Å². The van der Waals surface area contributed by atoms with E-state index in [9.17, 15) is 4.79 Å². The van der Waals surface area contributed by atoms with Crippen molar-refractivity contribution in [3.63, 3.8) is 0 Å². The van der Waals surface area contributed by atoms with E-state index in [2.05, 4.69) is 22.1 Å². The van der Waals surface area contributed by atoms with Gasteiger partial charge in [-0.2, -0.15) is 0 Å². The molecule has 122 valence electrons. The molecule has 1 N–H and O–H groups in total. The molecule has 3 saturated heterocycles. The lowest BCUT2D eigenvalue weighted by Crippen LogP contribution is -2.62. The van der Waals surface area contributed by atoms with Gasteiger partial charge in [0.25, 0.3) is 5.91 Å². The first-order valence-electron chi connectivity index (χ1n) is 8.19. The Hall–Kier alpha value is -1.66. The highest BCUT2D eigenvalue weighted by atomic mass is 32.1. The first-order valence-corrected chi connectivity index (χ1v) is 9.01. The number of piperidine rings is 3. The Balaban J connectivity index is 1.48. The van der Waals surface area contributed by atoms with E-state index < -0.39 is 0 Å². The summed E-state index contributed by atoms with van der Waals surface area (Å²) < 4.78 is 5.53. The van der Waals surface area contributed by atoms with Gasteiger partial charge in [0.1, 0.15) is 0 Å². The van der Waals surface area contributed by atoms with Crippen molar-refractivity contribution >= 4 is 17.2 Å². The van der Waals surface area contributed by atoms with Crippen LogP contribution in [0, 0.1) is 12.8 Å². The lowest BCUT2D eigenvalue weighted by atomic mass is 9.79. The fraction of sp³-hybridized carbons (Fsp3) is 0.529. The number of fused-ring (bicyclic) bond motifs is 3. The second-order valence-electron chi connectivity index (χ2n) is 6.52. The van der Waals surface area contributed by atoms with Crippen LogP contribution in [0.15, 0.2) is 22.7 Å². The molecule has 1 amide bonds. The van der Waals surface area contributed by atoms with Crippen LogP contribution in [0.5, 0.6) is 0 Å². The summed E-state index contributed by atoms with van der Waals surface area (Å²) in [4.78, 5) is 20.9. The molecule has 2 bridgehead atoms. The molecule has 0 radical (unpaired) electrons. The van der Waals surface area contributed by atoms with E-state index in [1.54, 1.807) is 6.20 Å². The second kappa shape index (κ2) is 5.76. The molecular formula is C17H21N3O2S. The fourth-order valence-corrected chi connectivity index (χ4v) is 4.69. The minimum absolute atomic E-state index is 0.0306. The fourth-order valence-electron chi connectivity index (χ4n) is 3.84. The van der Waals surface area contributed by atoms with Crippen LogP contribution < -0.4 is 5.32 Å². The Labute approximate surface area is 139 Å². The highest BCUT2D eigenvalue weighted by molar-refractivity contribution is 7.17. The predicted octanol–water partition coefficient (Wildman–Crippen LogP) is 2.92. The highest BCUT2D eigenvalue weighted by Gasteiger charge is 2.40. The Morgan fingerprint density at radius 3 is 2.83 bits per heavy atom. The number of thiophene rings is 1. The largest absolute Gasteiger partial charge is 0.440 e. The van der Waals surface area contributed by atoms with Gasteiger partial charge < -0.3 is 9.73 Å². The van der Waals surface area contributed by atoms with E-state index in [-0.39, 0.29) is 11.9 Å². The number of carbonyl (C=O) groups excluding carboxylic acids is 1. The van der Waals surface area contributed by atoms with Crippen LogP contribution in [-0.2, 0) is 0 Å². The number of amides is 1. The average molecular weight is 331 g/mol. The zero-order chi connectivity index (χ0) is 16.0. The van der Waals surface area contributed by atoms with Gasteiger partial charge in [0.05, 0.1) is 16.0 Å². The molecule has 5 rings (SSSR count). The first kappa shape index (κ1) is 14.9. The molecule has 0 aliphatic carbocycles. The summed E-state index contributed by atoms with van der Waals surface area (Å²) in [5.41, 5.74) is 0. The number of aromatic nitrogens is 1. The van der Waals surface area contributed by atoms with Crippen LogP contribution >= 0.6 is 11.3 Å². The maximum absolute atomic E-state index is 12.6. The van der Waals surface area contributed by atoms with E-state index in [1.807, 2.05) is 19.1 Å². The quantitative estimate of drug-likeness (QED) is 0.939. The Morgan fingerprint density at radius 1 is 1.39 bits per heavy atom. The van der Waals surface area contributed by atoms with Crippen molar-refractivity contribution in [1.82, 2.24) is 15.2 Å². The molecular weight excluding hydrogens is 310 g/mol. The molecule has 2 unspecified atom stereocenters. The Morgan fingerprint density at radius 2 is 2.17 bits per heavy atom. The monoisotopic (exact) mass is 331 g/mol. The lowest BCUT2D eigenvalue weighted by Gasteiger charge is -2.49. The molecule has 0 aromatic carbocycles. The molecule has 23 heavy (non-hydrogen) atoms. The first-order chi connectivity index (χ1) is 11.1. The highest BCUT2D eigenvalue weighted by Crippen LogP contribution is 2.33. The van der Waals surface area contributed by atoms with Crippen LogP contribution in [0.1, 0.15) is 35.3 Å². The van der Waals surface area contributed by atoms with Crippen LogP contribution in [0.3, 0.4) is 0 Å². The van der Waals surface area contributed by atoms with E-state index in [1.165, 1.54) is 37.3 Å². The van der Waals surface area contributed by atoms with Gasteiger partial charge in [0.15, 0.2) is 11.7 Å². The Bertz CT molecular complexity index is 713. The van der Waals surface area contributed by atoms with E-state index in [0.717, 1.165) is 15.5 Å². The van der Waals surface area contributed by atoms with Crippen molar-refractivity contribution in [2.45, 2.75) is 38.8 Å². The second-order valence-corrected chi connectivity index (χ2v) is 7.60. The third-order valence-corrected chi connectivity index (χ3v) is 6.27. The third-order valence-electron chi connectivity index (χ3n) is 5.17. The van der Waals surface area contributed by atoms with Crippen LogP contribution in [0.25, 0.3) is 10.6 Å². The number of nitrogens with zero attached hydrogens (tertiary/aromatic N) is 2. The molecule has 0 saturated carbocycles. The standard InChI is InChI=1S/C17H21N3O2S/c1-10-16(12-5-7-20(10)8-6-12)19-17(21)15-4-3-14(23-15)13-9-18-11(2)22-13/h3-4,9-10,12,16H,5-8H2,1-2H3,(H,19,21). The summed E-state index contributed by atoms with van der Waals surface area (Å²) in [5.74, 6) is 2.02. The third kappa shape index (κ3) is 2.70. The lowest BCUT2D eigenvalue weighted by molar-refractivity contribution is 0.0218. The summed E-state index contributed by atoms with van der Waals surface area (Å²) in [6, 6.07) is 4.50. The molecule has 3 fully saturated rings. The molecule has 3 aliphatic heterocycles. The Kier molecular flexibility index (Phi) is 3.73. The number of carbonyl (C=O) groups is 1. The van der Waals surface area contributed by atoms with Gasteiger partial charge in [-0.3, -0.25) is 9.69 Å². The van der Waals surface area contributed by atoms with E-state index in [4.69, 9.17) is 4.42 Å². The van der Waals surface area contributed by atoms with Gasteiger partial charge in [-0.15, -0.1) is 11.3 Å². The molecule has 6 heteroatoms. The number of hydrogen-bond acceptors (Lipinski definition) is 5. The van der Waals surface area contributed by atoms with Gasteiger partial charge >= 0.3 is 0 Å². The maximum atomic E-state index is 12.6. The molecule has 2 aromatic rings. The zero-order valence-electron chi connectivity index (χ0n) is 13.4. The number of oxazole rings is 1. The summed E-state index contributed by atoms with van der Waals surface area (Å²) in [5, 5.41) is 3.27. The zero-order valence-corrected chi connectivity index (χ0v) is 14.2. The summed E-state index contributed by atoms with van der Waals surface area (Å²) in [7, 11) is 0. The SMILES string of the molecule is Cc1ncc(-c2ccc(C(=O)NC3C4CCN(CC4)C3C)s2)o1. The summed E-state index contributed by atoms with van der Waals surface area (Å²) in [6.07, 6.45) is 4.10. The normalized spacial score (nSPS) is 29.7. The molecule has 3 aliphatic rings. The number of rotatable bonds is 3. The van der Waals surface area contributed by atoms with Gasteiger partial charge in [-0.25, -0.2) is 4.98 Å². The van der Waals surface area contributed by atoms with Crippen LogP contribution in [-0.4, -0.2) is 41.0 Å². The predicted molar refractivity (Wildman–Crippen MR) is 89.6 cm³/mol. The van der Waals surface area contributed by atoms with Crippen molar-refractivity contribution in [1.29, 1.82) is 0 Å². The average Bonchev–Trinajstić information content (AvgIpc) is 3.20. The summed E-state index contributed by atoms with van der Waals surface area (Å²) in [6.45, 7) is 6.39. The topological polar surface area (TPSA) is 58.4 Å². The maximum Gasteiger partial charge on any atom is 0.261 e. The van der Waals surface area contributed by atoms with Crippen molar-refractivity contribution < 1.29 is 9.21 Å². The van der Waals surface area contributed by atoms with Crippen LogP contribution in [0.2, 0.25) is 0 Å². The number of hydrogen-bond donors (Lipinski definition) is 1. The summed E-state index contributed by atoms with van der Waals surface area (Å²) >= 11 is 1.46. The van der Waals surface area contributed by atoms with Crippen molar-refractivity contribution in [3.8, 4) is 10.6 Å². The van der Waals surface area contributed by atoms with Gasteiger partial charge in [-0.05, 0) is 50.9 Å². The molecule has 0 spiro atoms. The minimum Gasteiger partial charge on any atom is -0.440 e. The molecule has 2 atom stereocenters. The molecule has 5 nitrogen and oxygen atoms in total. The van der Waals surface area contributed by atoms with Crippen molar-refractivity contribution in [2.75, 3.05) is 13.1 Å². The van der Waals surface area contributed by atoms with Gasteiger partial charge in [0.2, 0.25) is 0 Å². The number of nitrogens with one attached hydrogen (secondary N) is 1. The minimum atomic E-state index is 0.0306. The number of aryl methyl sites for hydroxylation is 1. The van der Waals surface area contributed by atoms with E-state index in [0.29, 0.717) is 17.9 Å². The molecule has 2 aromatic heterocycles. The van der Waals surface area contributed by atoms with Crippen molar-refractivity contribution in [3.05, 3.63) is 29.1 Å².